The van der Waals surface area contributed by atoms with Crippen molar-refractivity contribution in [3.8, 4) is 0 Å². The maximum absolute atomic E-state index is 9.37. The molecule has 0 heterocycles. The van der Waals surface area contributed by atoms with E-state index in [1.807, 2.05) is 0 Å². The molecule has 0 aliphatic heterocycles. The SMILES string of the molecule is CCC(=O)O.CCC(=O)O.CCCCCCCCCCCCCCCCCC.O=[SH](=O)O. The van der Waals surface area contributed by atoms with Gasteiger partial charge in [0.2, 0.25) is 0 Å². The summed E-state index contributed by atoms with van der Waals surface area (Å²) >= 11 is 0. The van der Waals surface area contributed by atoms with E-state index in [0.29, 0.717) is 0 Å². The van der Waals surface area contributed by atoms with Gasteiger partial charge >= 0.3 is 11.9 Å². The second-order valence-corrected chi connectivity index (χ2v) is 8.16. The molecule has 0 atom stereocenters. The third kappa shape index (κ3) is 70.2. The van der Waals surface area contributed by atoms with E-state index in [0.717, 1.165) is 0 Å². The maximum atomic E-state index is 9.37. The third-order valence-electron chi connectivity index (χ3n) is 4.56. The van der Waals surface area contributed by atoms with Crippen LogP contribution >= 0.6 is 0 Å². The molecular formula is C24H52O7S. The van der Waals surface area contributed by atoms with Gasteiger partial charge in [0, 0.05) is 12.8 Å². The van der Waals surface area contributed by atoms with Crippen molar-refractivity contribution >= 4 is 22.9 Å². The van der Waals surface area contributed by atoms with Crippen LogP contribution in [0, 0.1) is 0 Å². The number of rotatable bonds is 17. The van der Waals surface area contributed by atoms with E-state index in [4.69, 9.17) is 23.2 Å². The van der Waals surface area contributed by atoms with Crippen molar-refractivity contribution in [1.82, 2.24) is 0 Å². The van der Waals surface area contributed by atoms with Crippen molar-refractivity contribution in [3.05, 3.63) is 0 Å². The van der Waals surface area contributed by atoms with Crippen molar-refractivity contribution in [2.75, 3.05) is 0 Å². The second-order valence-electron chi connectivity index (χ2n) is 7.68. The zero-order chi connectivity index (χ0) is 25.5. The summed E-state index contributed by atoms with van der Waals surface area (Å²) in [4.78, 5) is 18.7. The van der Waals surface area contributed by atoms with E-state index in [-0.39, 0.29) is 12.8 Å². The highest BCUT2D eigenvalue weighted by atomic mass is 32.2. The molecule has 0 aromatic rings. The number of aliphatic carboxylic acids is 2. The van der Waals surface area contributed by atoms with Gasteiger partial charge in [-0.15, -0.1) is 0 Å². The number of carboxylic acids is 2. The monoisotopic (exact) mass is 484 g/mol. The van der Waals surface area contributed by atoms with E-state index in [1.165, 1.54) is 103 Å². The predicted octanol–water partition coefficient (Wildman–Crippen LogP) is 7.30. The first-order valence-corrected chi connectivity index (χ1v) is 13.6. The first-order valence-electron chi connectivity index (χ1n) is 12.5. The molecule has 0 fully saturated rings. The largest absolute Gasteiger partial charge is 0.481 e. The van der Waals surface area contributed by atoms with Crippen molar-refractivity contribution < 1.29 is 32.8 Å². The van der Waals surface area contributed by atoms with Crippen LogP contribution in [0.5, 0.6) is 0 Å². The molecule has 0 aliphatic carbocycles. The highest BCUT2D eigenvalue weighted by Crippen LogP contribution is 2.13. The van der Waals surface area contributed by atoms with Gasteiger partial charge in [0.15, 0.2) is 0 Å². The number of thiol groups is 1. The lowest BCUT2D eigenvalue weighted by atomic mass is 10.0. The number of carbonyl (C=O) groups is 2. The van der Waals surface area contributed by atoms with E-state index in [9.17, 15) is 9.59 Å². The zero-order valence-corrected chi connectivity index (χ0v) is 22.0. The Labute approximate surface area is 199 Å². The van der Waals surface area contributed by atoms with Crippen LogP contribution in [0.25, 0.3) is 0 Å². The number of carboxylic acid groups (broad SMARTS) is 2. The predicted molar refractivity (Wildman–Crippen MR) is 134 cm³/mol. The highest BCUT2D eigenvalue weighted by Gasteiger charge is 1.93. The first-order chi connectivity index (χ1) is 15.2. The quantitative estimate of drug-likeness (QED) is 0.0968. The molecular weight excluding hydrogens is 432 g/mol. The Kier molecular flexibility index (Phi) is 44.3. The van der Waals surface area contributed by atoms with Crippen LogP contribution in [0.15, 0.2) is 0 Å². The van der Waals surface area contributed by atoms with E-state index in [2.05, 4.69) is 13.8 Å². The normalized spacial score (nSPS) is 9.56. The lowest BCUT2D eigenvalue weighted by molar-refractivity contribution is -0.137. The van der Waals surface area contributed by atoms with Crippen LogP contribution in [0.3, 0.4) is 0 Å². The van der Waals surface area contributed by atoms with Gasteiger partial charge in [-0.1, -0.05) is 130 Å². The summed E-state index contributed by atoms with van der Waals surface area (Å²) in [5.74, 6) is -1.49. The highest BCUT2D eigenvalue weighted by molar-refractivity contribution is 7.66. The van der Waals surface area contributed by atoms with Crippen LogP contribution in [0.2, 0.25) is 0 Å². The molecule has 32 heavy (non-hydrogen) atoms. The van der Waals surface area contributed by atoms with Crippen molar-refractivity contribution in [2.45, 2.75) is 143 Å². The lowest BCUT2D eigenvalue weighted by Crippen LogP contribution is -1.86. The summed E-state index contributed by atoms with van der Waals surface area (Å²) in [7, 11) is -3.12. The summed E-state index contributed by atoms with van der Waals surface area (Å²) in [6.07, 6.45) is 23.9. The van der Waals surface area contributed by atoms with Crippen molar-refractivity contribution in [1.29, 1.82) is 0 Å². The minimum absolute atomic E-state index is 0.222. The fourth-order valence-electron chi connectivity index (χ4n) is 2.62. The van der Waals surface area contributed by atoms with Gasteiger partial charge in [0.25, 0.3) is 11.0 Å². The number of hydrogen-bond acceptors (Lipinski definition) is 4. The molecule has 0 aliphatic rings. The van der Waals surface area contributed by atoms with Crippen LogP contribution in [-0.2, 0) is 20.6 Å². The van der Waals surface area contributed by atoms with Crippen LogP contribution < -0.4 is 0 Å². The molecule has 196 valence electrons. The first kappa shape index (κ1) is 38.1. The van der Waals surface area contributed by atoms with Crippen LogP contribution in [0.1, 0.15) is 143 Å². The smallest absolute Gasteiger partial charge is 0.303 e. The molecule has 0 radical (unpaired) electrons. The molecule has 7 nitrogen and oxygen atoms in total. The second kappa shape index (κ2) is 37.2. The van der Waals surface area contributed by atoms with E-state index >= 15 is 0 Å². The fourth-order valence-corrected chi connectivity index (χ4v) is 2.62. The molecule has 0 aromatic heterocycles. The Morgan fingerprint density at radius 2 is 0.625 bits per heavy atom. The molecule has 3 N–H and O–H groups in total. The summed E-state index contributed by atoms with van der Waals surface area (Å²) in [6, 6.07) is 0. The van der Waals surface area contributed by atoms with Gasteiger partial charge in [-0.2, -0.15) is 0 Å². The molecule has 0 rings (SSSR count). The summed E-state index contributed by atoms with van der Waals surface area (Å²) in [6.45, 7) is 7.79. The number of hydrogen-bond donors (Lipinski definition) is 4. The van der Waals surface area contributed by atoms with Crippen LogP contribution in [0.4, 0.5) is 0 Å². The Hall–Kier alpha value is -1.15. The Balaban J connectivity index is -0.000000226. The molecule has 0 amide bonds. The molecule has 0 aromatic carbocycles. The zero-order valence-electron chi connectivity index (χ0n) is 21.1. The van der Waals surface area contributed by atoms with Crippen molar-refractivity contribution in [2.24, 2.45) is 0 Å². The van der Waals surface area contributed by atoms with Gasteiger partial charge in [-0.05, 0) is 0 Å². The maximum Gasteiger partial charge on any atom is 0.303 e. The number of unbranched alkanes of at least 4 members (excludes halogenated alkanes) is 15. The van der Waals surface area contributed by atoms with Gasteiger partial charge in [-0.3, -0.25) is 14.1 Å². The average Bonchev–Trinajstić information content (AvgIpc) is 2.74. The standard InChI is InChI=1S/C18H38.2C3H6O2.H2O3S/c1-3-5-7-9-11-13-15-17-18-16-14-12-10-8-6-4-2;2*1-2-3(4)5;1-4(2)3/h3-18H2,1-2H3;2*2H2,1H3,(H,4,5);4H,(H,1,2,3). The molecule has 0 unspecified atom stereocenters. The fraction of sp³-hybridized carbons (Fsp3) is 0.917. The van der Waals surface area contributed by atoms with Crippen molar-refractivity contribution in [3.63, 3.8) is 0 Å². The molecule has 0 bridgehead atoms. The minimum atomic E-state index is -3.12. The molecule has 8 heteroatoms. The summed E-state index contributed by atoms with van der Waals surface area (Å²) < 4.78 is 24.2. The molecule has 0 saturated heterocycles. The van der Waals surface area contributed by atoms with Gasteiger partial charge in [0.05, 0.1) is 0 Å². The van der Waals surface area contributed by atoms with Crippen LogP contribution in [-0.4, -0.2) is 35.1 Å². The Morgan fingerprint density at radius 1 is 0.500 bits per heavy atom. The molecule has 0 saturated carbocycles. The Morgan fingerprint density at radius 3 is 0.719 bits per heavy atom. The third-order valence-corrected chi connectivity index (χ3v) is 4.56. The van der Waals surface area contributed by atoms with Gasteiger partial charge in [-0.25, -0.2) is 8.42 Å². The Bertz CT molecular complexity index is 400. The molecule has 0 spiro atoms. The average molecular weight is 485 g/mol. The minimum Gasteiger partial charge on any atom is -0.481 e. The summed E-state index contributed by atoms with van der Waals surface area (Å²) in [5, 5.41) is 15.4. The van der Waals surface area contributed by atoms with E-state index < -0.39 is 22.9 Å². The van der Waals surface area contributed by atoms with E-state index in [1.54, 1.807) is 13.8 Å². The topological polar surface area (TPSA) is 129 Å². The lowest BCUT2D eigenvalue weighted by Gasteiger charge is -2.03. The summed E-state index contributed by atoms with van der Waals surface area (Å²) in [5.41, 5.74) is 0. The van der Waals surface area contributed by atoms with Gasteiger partial charge in [0.1, 0.15) is 0 Å². The van der Waals surface area contributed by atoms with Gasteiger partial charge < -0.3 is 10.2 Å².